The zero-order valence-electron chi connectivity index (χ0n) is 15.3. The predicted octanol–water partition coefficient (Wildman–Crippen LogP) is 3.86. The number of hydrogen-bond acceptors (Lipinski definition) is 5. The number of phenolic OH excluding ortho intramolecular Hbond substituents is 1. The number of likely N-dealkylation sites (N-methyl/N-ethyl adjacent to an activating group) is 1. The minimum absolute atomic E-state index is 0.265. The number of nitrogens with zero attached hydrogens (tertiary/aromatic N) is 2. The molecule has 0 atom stereocenters. The van der Waals surface area contributed by atoms with Gasteiger partial charge >= 0.3 is 0 Å². The Morgan fingerprint density at radius 1 is 1.00 bits per heavy atom. The third-order valence-corrected chi connectivity index (χ3v) is 4.70. The lowest BCUT2D eigenvalue weighted by Crippen LogP contribution is -2.21. The minimum atomic E-state index is 0.265. The topological polar surface area (TPSA) is 54.8 Å². The Morgan fingerprint density at radius 3 is 2.67 bits per heavy atom. The molecule has 5 nitrogen and oxygen atoms in total. The van der Waals surface area contributed by atoms with E-state index in [2.05, 4.69) is 16.9 Å². The van der Waals surface area contributed by atoms with E-state index in [0.717, 1.165) is 46.8 Å². The fourth-order valence-electron chi connectivity index (χ4n) is 3.19. The van der Waals surface area contributed by atoms with Crippen molar-refractivity contribution in [2.24, 2.45) is 0 Å². The van der Waals surface area contributed by atoms with Crippen LogP contribution < -0.4 is 9.47 Å². The molecular formula is C22H22N2O3. The van der Waals surface area contributed by atoms with E-state index in [4.69, 9.17) is 9.47 Å². The van der Waals surface area contributed by atoms with Crippen molar-refractivity contribution in [1.29, 1.82) is 0 Å². The monoisotopic (exact) mass is 362 g/mol. The average Bonchev–Trinajstić information content (AvgIpc) is 3.17. The molecule has 5 heteroatoms. The summed E-state index contributed by atoms with van der Waals surface area (Å²) in [5.74, 6) is 1.84. The van der Waals surface area contributed by atoms with Crippen LogP contribution in [0.5, 0.6) is 17.2 Å². The van der Waals surface area contributed by atoms with Crippen LogP contribution in [0.15, 0.2) is 60.8 Å². The maximum absolute atomic E-state index is 10.3. The number of pyridine rings is 1. The standard InChI is InChI=1S/C22H22N2O3/c1-24(11-9-19-4-2-3-10-23-19)14-18-12-16(5-7-20(18)25)17-6-8-21-22(13-17)27-15-26-21/h2-8,10,12-13,25H,9,11,14-15H2,1H3. The molecule has 27 heavy (non-hydrogen) atoms. The Bertz CT molecular complexity index is 928. The summed E-state index contributed by atoms with van der Waals surface area (Å²) < 4.78 is 10.8. The first-order valence-corrected chi connectivity index (χ1v) is 8.99. The molecule has 0 bridgehead atoms. The number of benzene rings is 2. The molecule has 0 radical (unpaired) electrons. The predicted molar refractivity (Wildman–Crippen MR) is 104 cm³/mol. The van der Waals surface area contributed by atoms with Gasteiger partial charge in [-0.2, -0.15) is 0 Å². The Hall–Kier alpha value is -3.05. The quantitative estimate of drug-likeness (QED) is 0.722. The van der Waals surface area contributed by atoms with Crippen molar-refractivity contribution in [3.05, 3.63) is 72.1 Å². The van der Waals surface area contributed by atoms with E-state index in [1.807, 2.05) is 54.7 Å². The zero-order valence-corrected chi connectivity index (χ0v) is 15.3. The van der Waals surface area contributed by atoms with Crippen LogP contribution in [0.1, 0.15) is 11.3 Å². The fraction of sp³-hybridized carbons (Fsp3) is 0.227. The average molecular weight is 362 g/mol. The second-order valence-electron chi connectivity index (χ2n) is 6.72. The number of aromatic hydroxyl groups is 1. The van der Waals surface area contributed by atoms with E-state index in [9.17, 15) is 5.11 Å². The number of fused-ring (bicyclic) bond motifs is 1. The summed E-state index contributed by atoms with van der Waals surface area (Å²) in [6.07, 6.45) is 2.69. The lowest BCUT2D eigenvalue weighted by Gasteiger charge is -2.18. The number of phenols is 1. The van der Waals surface area contributed by atoms with Gasteiger partial charge in [-0.3, -0.25) is 4.98 Å². The highest BCUT2D eigenvalue weighted by Gasteiger charge is 2.15. The van der Waals surface area contributed by atoms with Crippen LogP contribution in [0.2, 0.25) is 0 Å². The van der Waals surface area contributed by atoms with E-state index < -0.39 is 0 Å². The molecule has 2 aromatic carbocycles. The summed E-state index contributed by atoms with van der Waals surface area (Å²) >= 11 is 0. The van der Waals surface area contributed by atoms with Gasteiger partial charge in [0.05, 0.1) is 0 Å². The van der Waals surface area contributed by atoms with Gasteiger partial charge in [0.2, 0.25) is 6.79 Å². The molecule has 3 aromatic rings. The van der Waals surface area contributed by atoms with Gasteiger partial charge in [-0.25, -0.2) is 0 Å². The molecule has 4 rings (SSSR count). The van der Waals surface area contributed by atoms with Crippen LogP contribution in [0.4, 0.5) is 0 Å². The van der Waals surface area contributed by atoms with Gasteiger partial charge in [0.25, 0.3) is 0 Å². The Morgan fingerprint density at radius 2 is 1.81 bits per heavy atom. The largest absolute Gasteiger partial charge is 0.508 e. The summed E-state index contributed by atoms with van der Waals surface area (Å²) in [6.45, 7) is 1.79. The van der Waals surface area contributed by atoms with Crippen LogP contribution >= 0.6 is 0 Å². The van der Waals surface area contributed by atoms with Crippen LogP contribution in [0.25, 0.3) is 11.1 Å². The molecular weight excluding hydrogens is 340 g/mol. The number of hydrogen-bond donors (Lipinski definition) is 1. The second kappa shape index (κ2) is 7.68. The van der Waals surface area contributed by atoms with Gasteiger partial charge < -0.3 is 19.5 Å². The molecule has 0 saturated heterocycles. The molecule has 0 aliphatic carbocycles. The summed E-state index contributed by atoms with van der Waals surface area (Å²) in [6, 6.07) is 17.6. The van der Waals surface area contributed by atoms with Crippen molar-refractivity contribution in [2.45, 2.75) is 13.0 Å². The second-order valence-corrected chi connectivity index (χ2v) is 6.72. The van der Waals surface area contributed by atoms with Gasteiger partial charge in [0.1, 0.15) is 5.75 Å². The SMILES string of the molecule is CN(CCc1ccccn1)Cc1cc(-c2ccc3c(c2)OCO3)ccc1O. The molecule has 0 saturated carbocycles. The van der Waals surface area contributed by atoms with Crippen molar-refractivity contribution in [3.8, 4) is 28.4 Å². The number of rotatable bonds is 6. The highest BCUT2D eigenvalue weighted by atomic mass is 16.7. The van der Waals surface area contributed by atoms with Crippen molar-refractivity contribution in [2.75, 3.05) is 20.4 Å². The van der Waals surface area contributed by atoms with Crippen LogP contribution in [-0.4, -0.2) is 35.4 Å². The van der Waals surface area contributed by atoms with Crippen LogP contribution in [0, 0.1) is 0 Å². The molecule has 138 valence electrons. The van der Waals surface area contributed by atoms with Crippen molar-refractivity contribution in [1.82, 2.24) is 9.88 Å². The highest BCUT2D eigenvalue weighted by Crippen LogP contribution is 2.36. The summed E-state index contributed by atoms with van der Waals surface area (Å²) in [5, 5.41) is 10.3. The summed E-state index contributed by atoms with van der Waals surface area (Å²) in [4.78, 5) is 6.55. The molecule has 2 heterocycles. The van der Waals surface area contributed by atoms with Gasteiger partial charge in [0.15, 0.2) is 11.5 Å². The van der Waals surface area contributed by atoms with E-state index in [1.165, 1.54) is 0 Å². The molecule has 0 unspecified atom stereocenters. The summed E-state index contributed by atoms with van der Waals surface area (Å²) in [5.41, 5.74) is 4.05. The lowest BCUT2D eigenvalue weighted by molar-refractivity contribution is 0.174. The number of ether oxygens (including phenoxy) is 2. The molecule has 0 fully saturated rings. The molecule has 1 aromatic heterocycles. The zero-order chi connectivity index (χ0) is 18.6. The first-order chi connectivity index (χ1) is 13.2. The third kappa shape index (κ3) is 4.04. The van der Waals surface area contributed by atoms with Crippen molar-refractivity contribution >= 4 is 0 Å². The van der Waals surface area contributed by atoms with Crippen molar-refractivity contribution < 1.29 is 14.6 Å². The van der Waals surface area contributed by atoms with E-state index in [0.29, 0.717) is 12.3 Å². The van der Waals surface area contributed by atoms with Crippen LogP contribution in [-0.2, 0) is 13.0 Å². The Kier molecular flexibility index (Phi) is 4.94. The first kappa shape index (κ1) is 17.4. The van der Waals surface area contributed by atoms with E-state index >= 15 is 0 Å². The van der Waals surface area contributed by atoms with Crippen LogP contribution in [0.3, 0.4) is 0 Å². The third-order valence-electron chi connectivity index (χ3n) is 4.70. The van der Waals surface area contributed by atoms with E-state index in [-0.39, 0.29) is 6.79 Å². The van der Waals surface area contributed by atoms with Gasteiger partial charge in [0, 0.05) is 37.0 Å². The molecule has 1 aliphatic rings. The Balaban J connectivity index is 1.47. The molecule has 0 amide bonds. The van der Waals surface area contributed by atoms with Gasteiger partial charge in [-0.15, -0.1) is 0 Å². The highest BCUT2D eigenvalue weighted by molar-refractivity contribution is 5.69. The minimum Gasteiger partial charge on any atom is -0.508 e. The number of aromatic nitrogens is 1. The summed E-state index contributed by atoms with van der Waals surface area (Å²) in [7, 11) is 2.05. The normalized spacial score (nSPS) is 12.5. The van der Waals surface area contributed by atoms with Gasteiger partial charge in [-0.1, -0.05) is 18.2 Å². The first-order valence-electron chi connectivity index (χ1n) is 8.99. The maximum atomic E-state index is 10.3. The fourth-order valence-corrected chi connectivity index (χ4v) is 3.19. The smallest absolute Gasteiger partial charge is 0.231 e. The molecule has 1 N–H and O–H groups in total. The van der Waals surface area contributed by atoms with Gasteiger partial charge in [-0.05, 0) is 54.6 Å². The molecule has 1 aliphatic heterocycles. The maximum Gasteiger partial charge on any atom is 0.231 e. The molecule has 0 spiro atoms. The van der Waals surface area contributed by atoms with Crippen molar-refractivity contribution in [3.63, 3.8) is 0 Å². The lowest BCUT2D eigenvalue weighted by atomic mass is 10.0. The van der Waals surface area contributed by atoms with E-state index in [1.54, 1.807) is 6.07 Å². The Labute approximate surface area is 158 Å².